The molecule has 8 rings (SSSR count). The fourth-order valence-corrected chi connectivity index (χ4v) is 12.5. The molecule has 0 radical (unpaired) electrons. The van der Waals surface area contributed by atoms with Gasteiger partial charge < -0.3 is 4.57 Å². The van der Waals surface area contributed by atoms with Crippen LogP contribution in [-0.4, -0.2) is 12.6 Å². The lowest BCUT2D eigenvalue weighted by Gasteiger charge is -2.36. The Morgan fingerprint density at radius 3 is 1.30 bits per heavy atom. The summed E-state index contributed by atoms with van der Waals surface area (Å²) in [7, 11) is -2.99. The summed E-state index contributed by atoms with van der Waals surface area (Å²) in [6.45, 7) is 0. The van der Waals surface area contributed by atoms with Crippen molar-refractivity contribution >= 4 is 50.6 Å². The van der Waals surface area contributed by atoms with Gasteiger partial charge in [0.15, 0.2) is 8.07 Å². The molecule has 0 unspecified atom stereocenters. The summed E-state index contributed by atoms with van der Waals surface area (Å²) >= 11 is 0. The van der Waals surface area contributed by atoms with E-state index in [1.807, 2.05) is 60.7 Å². The summed E-state index contributed by atoms with van der Waals surface area (Å²) in [4.78, 5) is 0. The molecule has 5 heteroatoms. The van der Waals surface area contributed by atoms with Crippen LogP contribution in [0.15, 0.2) is 170 Å². The Morgan fingerprint density at radius 2 is 0.820 bits per heavy atom. The second kappa shape index (κ2) is 12.6. The third-order valence-corrected chi connectivity index (χ3v) is 14.5. The first-order valence-electron chi connectivity index (χ1n) is 16.4. The second-order valence-corrected chi connectivity index (χ2v) is 16.0. The molecular weight excluding hydrogens is 625 g/mol. The van der Waals surface area contributed by atoms with E-state index in [-0.39, 0.29) is 0 Å². The molecule has 1 heterocycles. The number of hydrogen-bond acceptors (Lipinski definition) is 3. The maximum atomic E-state index is 10.3. The quantitative estimate of drug-likeness (QED) is 0.138. The highest BCUT2D eigenvalue weighted by atomic mass is 28.3. The van der Waals surface area contributed by atoms with Crippen LogP contribution in [0.25, 0.3) is 38.6 Å². The third kappa shape index (κ3) is 4.80. The van der Waals surface area contributed by atoms with E-state index in [1.165, 1.54) is 20.7 Å². The summed E-state index contributed by atoms with van der Waals surface area (Å²) in [5, 5.41) is 36.6. The summed E-state index contributed by atoms with van der Waals surface area (Å²) < 4.78 is 2.22. The molecule has 232 valence electrons. The van der Waals surface area contributed by atoms with Crippen LogP contribution in [0, 0.1) is 34.0 Å². The Morgan fingerprint density at radius 1 is 0.400 bits per heavy atom. The highest BCUT2D eigenvalue weighted by molar-refractivity contribution is 7.20. The van der Waals surface area contributed by atoms with E-state index in [0.717, 1.165) is 38.6 Å². The standard InChI is InChI=1S/C45H28N4Si/c46-29-32-20-23-43-39(26-32)40-27-33(30-47)21-24-44(40)49(43)42-19-11-10-18-38(42)41-28-34(31-48)22-25-45(41)50(35-12-4-1-5-13-35,36-14-6-2-7-15-36)37-16-8-3-9-17-37/h1-28H. The van der Waals surface area contributed by atoms with Crippen LogP contribution >= 0.6 is 0 Å². The number of nitrogens with zero attached hydrogens (tertiary/aromatic N) is 4. The molecule has 0 saturated heterocycles. The van der Waals surface area contributed by atoms with Gasteiger partial charge in [-0.05, 0) is 80.9 Å². The zero-order valence-electron chi connectivity index (χ0n) is 27.0. The Bertz CT molecular complexity index is 2510. The maximum Gasteiger partial charge on any atom is 0.180 e. The van der Waals surface area contributed by atoms with E-state index in [4.69, 9.17) is 0 Å². The van der Waals surface area contributed by atoms with Crippen molar-refractivity contribution < 1.29 is 0 Å². The number of para-hydroxylation sites is 1. The van der Waals surface area contributed by atoms with Crippen molar-refractivity contribution in [2.75, 3.05) is 0 Å². The van der Waals surface area contributed by atoms with Crippen LogP contribution in [0.4, 0.5) is 0 Å². The van der Waals surface area contributed by atoms with Crippen LogP contribution in [0.2, 0.25) is 0 Å². The van der Waals surface area contributed by atoms with Gasteiger partial charge in [-0.3, -0.25) is 0 Å². The van der Waals surface area contributed by atoms with Crippen molar-refractivity contribution in [2.45, 2.75) is 0 Å². The van der Waals surface area contributed by atoms with Gasteiger partial charge in [0.2, 0.25) is 0 Å². The number of benzene rings is 7. The molecule has 0 spiro atoms. The number of nitriles is 3. The minimum absolute atomic E-state index is 0.556. The molecule has 0 bridgehead atoms. The van der Waals surface area contributed by atoms with Gasteiger partial charge in [0.25, 0.3) is 0 Å². The van der Waals surface area contributed by atoms with E-state index in [2.05, 4.69) is 132 Å². The summed E-state index contributed by atoms with van der Waals surface area (Å²) in [6, 6.07) is 65.3. The number of fused-ring (bicyclic) bond motifs is 3. The van der Waals surface area contributed by atoms with E-state index in [1.54, 1.807) is 0 Å². The second-order valence-electron chi connectivity index (χ2n) is 12.3. The van der Waals surface area contributed by atoms with Gasteiger partial charge in [-0.1, -0.05) is 115 Å². The smallest absolute Gasteiger partial charge is 0.180 e. The first-order chi connectivity index (χ1) is 24.7. The van der Waals surface area contributed by atoms with Gasteiger partial charge >= 0.3 is 0 Å². The van der Waals surface area contributed by atoms with Crippen molar-refractivity contribution in [3.05, 3.63) is 187 Å². The molecule has 0 N–H and O–H groups in total. The number of hydrogen-bond donors (Lipinski definition) is 0. The van der Waals surface area contributed by atoms with Crippen molar-refractivity contribution in [2.24, 2.45) is 0 Å². The molecule has 0 fully saturated rings. The molecule has 4 nitrogen and oxygen atoms in total. The molecule has 0 saturated carbocycles. The molecule has 0 aliphatic rings. The topological polar surface area (TPSA) is 76.3 Å². The SMILES string of the molecule is N#Cc1ccc([Si](c2ccccc2)(c2ccccc2)c2ccccc2)c(-c2ccccc2-n2c3ccc(C#N)cc3c3cc(C#N)ccc32)c1. The lowest BCUT2D eigenvalue weighted by Crippen LogP contribution is -2.75. The number of rotatable bonds is 6. The van der Waals surface area contributed by atoms with Crippen LogP contribution in [-0.2, 0) is 0 Å². The zero-order chi connectivity index (χ0) is 34.1. The van der Waals surface area contributed by atoms with E-state index >= 15 is 0 Å². The monoisotopic (exact) mass is 652 g/mol. The van der Waals surface area contributed by atoms with Crippen molar-refractivity contribution in [3.63, 3.8) is 0 Å². The van der Waals surface area contributed by atoms with Gasteiger partial charge in [0.05, 0.1) is 51.6 Å². The predicted molar refractivity (Wildman–Crippen MR) is 204 cm³/mol. The summed E-state index contributed by atoms with van der Waals surface area (Å²) in [6.07, 6.45) is 0. The fraction of sp³-hybridized carbons (Fsp3) is 0. The van der Waals surface area contributed by atoms with Gasteiger partial charge in [0.1, 0.15) is 0 Å². The Hall–Kier alpha value is -6.97. The summed E-state index contributed by atoms with van der Waals surface area (Å²) in [5.74, 6) is 0. The number of aromatic nitrogens is 1. The average molecular weight is 653 g/mol. The van der Waals surface area contributed by atoms with Crippen molar-refractivity contribution in [1.29, 1.82) is 15.8 Å². The van der Waals surface area contributed by atoms with Crippen molar-refractivity contribution in [3.8, 4) is 35.0 Å². The van der Waals surface area contributed by atoms with E-state index < -0.39 is 8.07 Å². The zero-order valence-corrected chi connectivity index (χ0v) is 28.0. The normalized spacial score (nSPS) is 11.1. The Kier molecular flexibility index (Phi) is 7.63. The Labute approximate surface area is 291 Å². The van der Waals surface area contributed by atoms with Gasteiger partial charge in [0, 0.05) is 16.3 Å². The lowest BCUT2D eigenvalue weighted by molar-refractivity contribution is 1.18. The third-order valence-electron chi connectivity index (χ3n) is 9.63. The highest BCUT2D eigenvalue weighted by Crippen LogP contribution is 2.37. The molecular formula is C45H28N4Si. The highest BCUT2D eigenvalue weighted by Gasteiger charge is 2.43. The molecule has 7 aromatic carbocycles. The van der Waals surface area contributed by atoms with Crippen LogP contribution in [0.5, 0.6) is 0 Å². The van der Waals surface area contributed by atoms with Crippen LogP contribution in [0.1, 0.15) is 16.7 Å². The summed E-state index contributed by atoms with van der Waals surface area (Å²) in [5.41, 5.74) is 6.45. The molecule has 0 amide bonds. The van der Waals surface area contributed by atoms with E-state index in [0.29, 0.717) is 16.7 Å². The first-order valence-corrected chi connectivity index (χ1v) is 18.4. The van der Waals surface area contributed by atoms with Gasteiger partial charge in [-0.25, -0.2) is 0 Å². The minimum Gasteiger partial charge on any atom is -0.309 e. The molecule has 50 heavy (non-hydrogen) atoms. The van der Waals surface area contributed by atoms with Gasteiger partial charge in [-0.15, -0.1) is 0 Å². The first kappa shape index (κ1) is 30.4. The molecule has 0 aliphatic carbocycles. The fourth-order valence-electron chi connectivity index (χ4n) is 7.51. The molecule has 1 aromatic heterocycles. The average Bonchev–Trinajstić information content (AvgIpc) is 3.52. The van der Waals surface area contributed by atoms with Crippen molar-refractivity contribution in [1.82, 2.24) is 4.57 Å². The maximum absolute atomic E-state index is 10.3. The predicted octanol–water partition coefficient (Wildman–Crippen LogP) is 7.44. The lowest BCUT2D eigenvalue weighted by atomic mass is 10.0. The van der Waals surface area contributed by atoms with Crippen LogP contribution in [0.3, 0.4) is 0 Å². The van der Waals surface area contributed by atoms with Crippen LogP contribution < -0.4 is 20.7 Å². The van der Waals surface area contributed by atoms with Gasteiger partial charge in [-0.2, -0.15) is 15.8 Å². The molecule has 8 aromatic rings. The minimum atomic E-state index is -2.99. The Balaban J connectivity index is 1.52. The molecule has 0 aliphatic heterocycles. The molecule has 0 atom stereocenters. The van der Waals surface area contributed by atoms with E-state index in [9.17, 15) is 15.8 Å². The largest absolute Gasteiger partial charge is 0.309 e.